The molecule has 0 fully saturated rings. The maximum Gasteiger partial charge on any atom is 0.141 e. The van der Waals surface area contributed by atoms with Gasteiger partial charge < -0.3 is 5.73 Å². The van der Waals surface area contributed by atoms with Gasteiger partial charge in [0.1, 0.15) is 5.82 Å². The van der Waals surface area contributed by atoms with Crippen molar-refractivity contribution in [2.75, 3.05) is 5.73 Å². The quantitative estimate of drug-likeness (QED) is 0.561. The molecule has 0 aromatic heterocycles. The molecule has 1 aromatic carbocycles. The Bertz CT molecular complexity index is 405. The molecule has 0 atom stereocenters. The molecule has 0 saturated carbocycles. The van der Waals surface area contributed by atoms with E-state index >= 15 is 0 Å². The zero-order valence-electron chi connectivity index (χ0n) is 8.07. The lowest BCUT2D eigenvalue weighted by Gasteiger charge is -2.13. The van der Waals surface area contributed by atoms with E-state index in [-0.39, 0.29) is 17.2 Å². The molecule has 1 rings (SSSR count). The smallest absolute Gasteiger partial charge is 0.141 e. The van der Waals surface area contributed by atoms with Crippen LogP contribution < -0.4 is 5.73 Å². The average Bonchev–Trinajstić information content (AvgIpc) is 2.10. The molecule has 0 radical (unpaired) electrons. The van der Waals surface area contributed by atoms with Gasteiger partial charge in [0, 0.05) is 0 Å². The van der Waals surface area contributed by atoms with Crippen LogP contribution in [0.1, 0.15) is 30.9 Å². The summed E-state index contributed by atoms with van der Waals surface area (Å²) in [5, 5.41) is 0.356. The van der Waals surface area contributed by atoms with Crippen molar-refractivity contribution >= 4 is 17.3 Å². The lowest BCUT2D eigenvalue weighted by Crippen LogP contribution is -2.01. The van der Waals surface area contributed by atoms with Crippen LogP contribution in [0.5, 0.6) is 0 Å². The normalized spacial score (nSPS) is 10.3. The van der Waals surface area contributed by atoms with Crippen LogP contribution in [0.4, 0.5) is 10.1 Å². The number of benzene rings is 1. The summed E-state index contributed by atoms with van der Waals surface area (Å²) in [7, 11) is 0. The predicted octanol–water partition coefficient (Wildman–Crippen LogP) is 3.17. The largest absolute Gasteiger partial charge is 0.397 e. The Morgan fingerprint density at radius 2 is 2.14 bits per heavy atom. The number of anilines is 1. The highest BCUT2D eigenvalue weighted by Gasteiger charge is 2.16. The third-order valence-corrected chi connectivity index (χ3v) is 2.42. The first kappa shape index (κ1) is 10.9. The van der Waals surface area contributed by atoms with E-state index in [4.69, 9.17) is 23.8 Å². The number of hydrogen-bond donors (Lipinski definition) is 1. The molecule has 0 saturated heterocycles. The molecule has 14 heavy (non-hydrogen) atoms. The second kappa shape index (κ2) is 3.89. The minimum Gasteiger partial charge on any atom is -0.397 e. The maximum absolute atomic E-state index is 13.4. The first-order valence-electron chi connectivity index (χ1n) is 4.23. The molecular formula is C11H11ClFN. The summed E-state index contributed by atoms with van der Waals surface area (Å²) in [5.74, 6) is 1.86. The third-order valence-electron chi connectivity index (χ3n) is 2.00. The summed E-state index contributed by atoms with van der Waals surface area (Å²) in [5.41, 5.74) is 6.58. The Kier molecular flexibility index (Phi) is 3.03. The van der Waals surface area contributed by atoms with E-state index < -0.39 is 5.82 Å². The van der Waals surface area contributed by atoms with E-state index in [9.17, 15) is 4.39 Å². The monoisotopic (exact) mass is 211 g/mol. The second-order valence-corrected chi connectivity index (χ2v) is 3.73. The summed E-state index contributed by atoms with van der Waals surface area (Å²) in [6.07, 6.45) is 5.22. The number of terminal acetylenes is 1. The lowest BCUT2D eigenvalue weighted by molar-refractivity contribution is 0.620. The molecule has 2 N–H and O–H groups in total. The molecule has 0 amide bonds. The fourth-order valence-electron chi connectivity index (χ4n) is 1.35. The molecular weight excluding hydrogens is 201 g/mol. The van der Waals surface area contributed by atoms with E-state index in [0.29, 0.717) is 10.6 Å². The van der Waals surface area contributed by atoms with E-state index in [1.807, 2.05) is 13.8 Å². The molecule has 0 unspecified atom stereocenters. The van der Waals surface area contributed by atoms with Crippen LogP contribution in [0.15, 0.2) is 6.07 Å². The standard InChI is InChI=1S/C11H11ClFN/c1-4-7-8(13)5-9(14)11(12)10(7)6(2)3/h1,5-6H,14H2,2-3H3. The number of rotatable bonds is 1. The summed E-state index contributed by atoms with van der Waals surface area (Å²) in [4.78, 5) is 0. The SMILES string of the molecule is C#Cc1c(F)cc(N)c(Cl)c1C(C)C. The highest BCUT2D eigenvalue weighted by atomic mass is 35.5. The van der Waals surface area contributed by atoms with Crippen LogP contribution in [0.25, 0.3) is 0 Å². The molecule has 3 heteroatoms. The number of halogens is 2. The Hall–Kier alpha value is -1.20. The highest BCUT2D eigenvalue weighted by Crippen LogP contribution is 2.33. The summed E-state index contributed by atoms with van der Waals surface area (Å²) in [6.45, 7) is 3.78. The van der Waals surface area contributed by atoms with Crippen LogP contribution in [0.2, 0.25) is 5.02 Å². The van der Waals surface area contributed by atoms with Crippen LogP contribution >= 0.6 is 11.6 Å². The van der Waals surface area contributed by atoms with Crippen LogP contribution in [-0.2, 0) is 0 Å². The summed E-state index contributed by atoms with van der Waals surface area (Å²) in [6, 6.07) is 1.16. The minimum atomic E-state index is -0.488. The first-order valence-corrected chi connectivity index (χ1v) is 4.60. The van der Waals surface area contributed by atoms with Crippen molar-refractivity contribution in [3.8, 4) is 12.3 Å². The Labute approximate surface area is 88.1 Å². The fraction of sp³-hybridized carbons (Fsp3) is 0.273. The Morgan fingerprint density at radius 1 is 1.57 bits per heavy atom. The van der Waals surface area contributed by atoms with Gasteiger partial charge in [-0.3, -0.25) is 0 Å². The highest BCUT2D eigenvalue weighted by molar-refractivity contribution is 6.34. The Morgan fingerprint density at radius 3 is 2.57 bits per heavy atom. The molecule has 1 aromatic rings. The molecule has 0 aliphatic carbocycles. The Balaban J connectivity index is 3.59. The second-order valence-electron chi connectivity index (χ2n) is 3.35. The van der Waals surface area contributed by atoms with Crippen LogP contribution in [-0.4, -0.2) is 0 Å². The summed E-state index contributed by atoms with van der Waals surface area (Å²) < 4.78 is 13.4. The van der Waals surface area contributed by atoms with Gasteiger partial charge in [0.05, 0.1) is 16.3 Å². The zero-order valence-corrected chi connectivity index (χ0v) is 8.82. The molecule has 74 valence electrons. The first-order chi connectivity index (χ1) is 6.49. The summed E-state index contributed by atoms with van der Waals surface area (Å²) >= 11 is 5.96. The molecule has 0 aliphatic rings. The average molecular weight is 212 g/mol. The number of hydrogen-bond acceptors (Lipinski definition) is 1. The molecule has 0 spiro atoms. The van der Waals surface area contributed by atoms with E-state index in [1.165, 1.54) is 0 Å². The van der Waals surface area contributed by atoms with Crippen molar-refractivity contribution in [1.29, 1.82) is 0 Å². The van der Waals surface area contributed by atoms with Crippen molar-refractivity contribution in [1.82, 2.24) is 0 Å². The van der Waals surface area contributed by atoms with Crippen LogP contribution in [0, 0.1) is 18.2 Å². The van der Waals surface area contributed by atoms with Crippen molar-refractivity contribution < 1.29 is 4.39 Å². The van der Waals surface area contributed by atoms with Gasteiger partial charge >= 0.3 is 0 Å². The van der Waals surface area contributed by atoms with Gasteiger partial charge in [0.25, 0.3) is 0 Å². The van der Waals surface area contributed by atoms with Gasteiger partial charge in [-0.05, 0) is 17.5 Å². The predicted molar refractivity (Wildman–Crippen MR) is 57.8 cm³/mol. The van der Waals surface area contributed by atoms with E-state index in [2.05, 4.69) is 5.92 Å². The third kappa shape index (κ3) is 1.69. The van der Waals surface area contributed by atoms with Gasteiger partial charge in [-0.2, -0.15) is 0 Å². The van der Waals surface area contributed by atoms with E-state index in [1.54, 1.807) is 0 Å². The van der Waals surface area contributed by atoms with Crippen molar-refractivity contribution in [3.05, 3.63) is 28.0 Å². The van der Waals surface area contributed by atoms with Gasteiger partial charge in [0.2, 0.25) is 0 Å². The molecule has 0 aliphatic heterocycles. The van der Waals surface area contributed by atoms with Gasteiger partial charge in [0.15, 0.2) is 0 Å². The molecule has 0 heterocycles. The number of nitrogens with two attached hydrogens (primary N) is 1. The van der Waals surface area contributed by atoms with Crippen LogP contribution in [0.3, 0.4) is 0 Å². The minimum absolute atomic E-state index is 0.0477. The van der Waals surface area contributed by atoms with Gasteiger partial charge in [-0.25, -0.2) is 4.39 Å². The maximum atomic E-state index is 13.4. The van der Waals surface area contributed by atoms with Gasteiger partial charge in [-0.15, -0.1) is 6.42 Å². The molecule has 1 nitrogen and oxygen atoms in total. The van der Waals surface area contributed by atoms with Gasteiger partial charge in [-0.1, -0.05) is 31.4 Å². The van der Waals surface area contributed by atoms with Crippen molar-refractivity contribution in [2.24, 2.45) is 0 Å². The fourth-order valence-corrected chi connectivity index (χ4v) is 1.72. The van der Waals surface area contributed by atoms with Crippen molar-refractivity contribution in [3.63, 3.8) is 0 Å². The topological polar surface area (TPSA) is 26.0 Å². The number of nitrogen functional groups attached to an aromatic ring is 1. The lowest BCUT2D eigenvalue weighted by atomic mass is 9.96. The zero-order chi connectivity index (χ0) is 10.9. The molecule has 0 bridgehead atoms. The van der Waals surface area contributed by atoms with Crippen molar-refractivity contribution in [2.45, 2.75) is 19.8 Å². The van der Waals surface area contributed by atoms with E-state index in [0.717, 1.165) is 6.07 Å².